The molecule has 0 aromatic heterocycles. The van der Waals surface area contributed by atoms with Gasteiger partial charge in [-0.3, -0.25) is 0 Å². The minimum Gasteiger partial charge on any atom is -0.478 e. The zero-order valence-corrected chi connectivity index (χ0v) is 11.7. The van der Waals surface area contributed by atoms with E-state index < -0.39 is 5.97 Å². The van der Waals surface area contributed by atoms with Gasteiger partial charge < -0.3 is 5.11 Å². The van der Waals surface area contributed by atoms with Gasteiger partial charge in [-0.05, 0) is 70.5 Å². The number of carbonyl (C=O) groups is 1. The van der Waals surface area contributed by atoms with E-state index in [-0.39, 0.29) is 0 Å². The van der Waals surface area contributed by atoms with Gasteiger partial charge in [-0.1, -0.05) is 30.3 Å². The molecule has 0 amide bonds. The molecular weight excluding hydrogens is 260 g/mol. The molecule has 0 atom stereocenters. The van der Waals surface area contributed by atoms with Gasteiger partial charge >= 0.3 is 5.97 Å². The Labute approximate surface area is 123 Å². The van der Waals surface area contributed by atoms with Gasteiger partial charge in [0.25, 0.3) is 0 Å². The molecule has 3 aromatic rings. The first kappa shape index (κ1) is 12.4. The molecule has 104 valence electrons. The van der Waals surface area contributed by atoms with Gasteiger partial charge in [0.1, 0.15) is 0 Å². The molecule has 0 saturated carbocycles. The van der Waals surface area contributed by atoms with Crippen LogP contribution in [0.1, 0.15) is 34.3 Å². The number of carboxylic acid groups (broad SMARTS) is 1. The molecule has 4 rings (SSSR count). The average Bonchev–Trinajstić information content (AvgIpc) is 2.53. The smallest absolute Gasteiger partial charge is 0.335 e. The SMILES string of the molecule is O=C(O)c1ccc2ccc3c4c(ccc3c2c1)CCCC4. The van der Waals surface area contributed by atoms with Crippen LogP contribution in [-0.2, 0) is 12.8 Å². The zero-order chi connectivity index (χ0) is 14.4. The first-order valence-electron chi connectivity index (χ1n) is 7.44. The Morgan fingerprint density at radius 1 is 0.857 bits per heavy atom. The molecule has 0 spiro atoms. The second kappa shape index (κ2) is 4.59. The molecule has 0 saturated heterocycles. The number of hydrogen-bond donors (Lipinski definition) is 1. The Kier molecular flexibility index (Phi) is 2.71. The van der Waals surface area contributed by atoms with Gasteiger partial charge in [-0.2, -0.15) is 0 Å². The lowest BCUT2D eigenvalue weighted by molar-refractivity contribution is 0.0697. The van der Waals surface area contributed by atoms with E-state index in [0.717, 1.165) is 17.2 Å². The van der Waals surface area contributed by atoms with E-state index in [0.29, 0.717) is 5.56 Å². The Bertz CT molecular complexity index is 877. The molecule has 2 nitrogen and oxygen atoms in total. The molecular formula is C19H16O2. The molecule has 3 aromatic carbocycles. The Morgan fingerprint density at radius 2 is 1.62 bits per heavy atom. The van der Waals surface area contributed by atoms with E-state index in [1.807, 2.05) is 6.07 Å². The predicted octanol–water partition coefficient (Wildman–Crippen LogP) is 4.57. The highest BCUT2D eigenvalue weighted by Gasteiger charge is 2.14. The maximum atomic E-state index is 11.2. The summed E-state index contributed by atoms with van der Waals surface area (Å²) in [5.74, 6) is -0.869. The molecule has 0 unspecified atom stereocenters. The highest BCUT2D eigenvalue weighted by atomic mass is 16.4. The summed E-state index contributed by atoms with van der Waals surface area (Å²) in [6, 6.07) is 14.1. The quantitative estimate of drug-likeness (QED) is 0.661. The number of hydrogen-bond acceptors (Lipinski definition) is 1. The second-order valence-electron chi connectivity index (χ2n) is 5.81. The summed E-state index contributed by atoms with van der Waals surface area (Å²) in [4.78, 5) is 11.2. The lowest BCUT2D eigenvalue weighted by atomic mass is 9.86. The molecule has 1 aliphatic rings. The Balaban J connectivity index is 2.08. The standard InChI is InChI=1S/C19H16O2/c20-19(21)14-6-5-13-8-9-16-15-4-2-1-3-12(15)7-10-17(16)18(13)11-14/h5-11H,1-4H2,(H,20,21). The third kappa shape index (κ3) is 1.90. The monoisotopic (exact) mass is 276 g/mol. The van der Waals surface area contributed by atoms with Crippen LogP contribution in [0.25, 0.3) is 21.5 Å². The topological polar surface area (TPSA) is 37.3 Å². The minimum atomic E-state index is -0.869. The maximum absolute atomic E-state index is 11.2. The van der Waals surface area contributed by atoms with Gasteiger partial charge in [-0.15, -0.1) is 0 Å². The summed E-state index contributed by atoms with van der Waals surface area (Å²) in [6.07, 6.45) is 4.82. The third-order valence-electron chi connectivity index (χ3n) is 4.60. The van der Waals surface area contributed by atoms with Crippen molar-refractivity contribution >= 4 is 27.5 Å². The van der Waals surface area contributed by atoms with Crippen molar-refractivity contribution in [1.82, 2.24) is 0 Å². The Morgan fingerprint density at radius 3 is 2.48 bits per heavy atom. The number of benzene rings is 3. The van der Waals surface area contributed by atoms with Crippen molar-refractivity contribution in [3.8, 4) is 0 Å². The summed E-state index contributed by atoms with van der Waals surface area (Å²) < 4.78 is 0. The van der Waals surface area contributed by atoms with Crippen LogP contribution in [-0.4, -0.2) is 11.1 Å². The molecule has 0 bridgehead atoms. The summed E-state index contributed by atoms with van der Waals surface area (Å²) in [6.45, 7) is 0. The second-order valence-corrected chi connectivity index (χ2v) is 5.81. The van der Waals surface area contributed by atoms with E-state index in [1.54, 1.807) is 12.1 Å². The van der Waals surface area contributed by atoms with Crippen LogP contribution < -0.4 is 0 Å². The molecule has 0 aliphatic heterocycles. The van der Waals surface area contributed by atoms with Crippen molar-refractivity contribution in [2.24, 2.45) is 0 Å². The highest BCUT2D eigenvalue weighted by molar-refractivity contribution is 6.10. The van der Waals surface area contributed by atoms with Gasteiger partial charge in [0.2, 0.25) is 0 Å². The van der Waals surface area contributed by atoms with Crippen LogP contribution in [0.3, 0.4) is 0 Å². The number of rotatable bonds is 1. The first-order valence-corrected chi connectivity index (χ1v) is 7.44. The van der Waals surface area contributed by atoms with Crippen LogP contribution >= 0.6 is 0 Å². The highest BCUT2D eigenvalue weighted by Crippen LogP contribution is 2.33. The van der Waals surface area contributed by atoms with Crippen LogP contribution in [0, 0.1) is 0 Å². The van der Waals surface area contributed by atoms with Crippen LogP contribution in [0.4, 0.5) is 0 Å². The van der Waals surface area contributed by atoms with Crippen LogP contribution in [0.15, 0.2) is 42.5 Å². The van der Waals surface area contributed by atoms with E-state index >= 15 is 0 Å². The minimum absolute atomic E-state index is 0.354. The van der Waals surface area contributed by atoms with Crippen molar-refractivity contribution in [2.45, 2.75) is 25.7 Å². The van der Waals surface area contributed by atoms with Crippen LogP contribution in [0.5, 0.6) is 0 Å². The summed E-state index contributed by atoms with van der Waals surface area (Å²) >= 11 is 0. The van der Waals surface area contributed by atoms with Crippen molar-refractivity contribution in [3.05, 3.63) is 59.2 Å². The molecule has 1 aliphatic carbocycles. The molecule has 21 heavy (non-hydrogen) atoms. The van der Waals surface area contributed by atoms with Crippen LogP contribution in [0.2, 0.25) is 0 Å². The molecule has 1 N–H and O–H groups in total. The predicted molar refractivity (Wildman–Crippen MR) is 85.1 cm³/mol. The van der Waals surface area contributed by atoms with Crippen molar-refractivity contribution in [2.75, 3.05) is 0 Å². The fourth-order valence-corrected chi connectivity index (χ4v) is 3.52. The summed E-state index contributed by atoms with van der Waals surface area (Å²) in [5, 5.41) is 13.8. The lowest BCUT2D eigenvalue weighted by Gasteiger charge is -2.18. The number of carboxylic acids is 1. The average molecular weight is 276 g/mol. The van der Waals surface area contributed by atoms with Crippen molar-refractivity contribution in [1.29, 1.82) is 0 Å². The lowest BCUT2D eigenvalue weighted by Crippen LogP contribution is -2.03. The van der Waals surface area contributed by atoms with Crippen molar-refractivity contribution in [3.63, 3.8) is 0 Å². The molecule has 0 radical (unpaired) electrons. The first-order chi connectivity index (χ1) is 10.2. The van der Waals surface area contributed by atoms with Gasteiger partial charge in [-0.25, -0.2) is 4.79 Å². The molecule has 0 heterocycles. The zero-order valence-electron chi connectivity index (χ0n) is 11.7. The fraction of sp³-hybridized carbons (Fsp3) is 0.211. The molecule has 0 fully saturated rings. The van der Waals surface area contributed by atoms with Gasteiger partial charge in [0.05, 0.1) is 5.56 Å². The van der Waals surface area contributed by atoms with Gasteiger partial charge in [0, 0.05) is 0 Å². The van der Waals surface area contributed by atoms with Crippen molar-refractivity contribution < 1.29 is 9.90 Å². The molecule has 2 heteroatoms. The van der Waals surface area contributed by atoms with E-state index in [2.05, 4.69) is 24.3 Å². The third-order valence-corrected chi connectivity index (χ3v) is 4.60. The largest absolute Gasteiger partial charge is 0.478 e. The summed E-state index contributed by atoms with van der Waals surface area (Å²) in [5.41, 5.74) is 3.27. The van der Waals surface area contributed by atoms with E-state index in [9.17, 15) is 9.90 Å². The number of aromatic carboxylic acids is 1. The maximum Gasteiger partial charge on any atom is 0.335 e. The number of fused-ring (bicyclic) bond motifs is 5. The van der Waals surface area contributed by atoms with Gasteiger partial charge in [0.15, 0.2) is 0 Å². The van der Waals surface area contributed by atoms with E-state index in [1.165, 1.54) is 41.2 Å². The normalized spacial score (nSPS) is 14.3. The van der Waals surface area contributed by atoms with E-state index in [4.69, 9.17) is 0 Å². The number of aryl methyl sites for hydroxylation is 2. The fourth-order valence-electron chi connectivity index (χ4n) is 3.52. The summed E-state index contributed by atoms with van der Waals surface area (Å²) in [7, 11) is 0. The Hall–Kier alpha value is -2.35.